The van der Waals surface area contributed by atoms with Crippen LogP contribution in [-0.4, -0.2) is 23.7 Å². The first-order valence-electron chi connectivity index (χ1n) is 5.71. The molecule has 0 unspecified atom stereocenters. The van der Waals surface area contributed by atoms with Gasteiger partial charge in [0.2, 0.25) is 0 Å². The number of carboxylic acid groups (broad SMARTS) is 1. The maximum absolute atomic E-state index is 11.2. The van der Waals surface area contributed by atoms with Crippen LogP contribution in [-0.2, 0) is 14.3 Å². The van der Waals surface area contributed by atoms with E-state index in [0.717, 1.165) is 30.9 Å². The van der Waals surface area contributed by atoms with Gasteiger partial charge in [-0.15, -0.1) is 0 Å². The number of hydrogen-bond acceptors (Lipinski definition) is 3. The summed E-state index contributed by atoms with van der Waals surface area (Å²) in [5, 5.41) is 7.60. The fraction of sp³-hybridized carbons (Fsp3) is 0.538. The molecule has 0 spiro atoms. The highest BCUT2D eigenvalue weighted by atomic mass is 16.5. The molecule has 0 aromatic rings. The third kappa shape index (κ3) is 12.4. The maximum atomic E-state index is 11.2. The highest BCUT2D eigenvalue weighted by Crippen LogP contribution is 2.03. The minimum Gasteiger partial charge on any atom is -0.478 e. The molecule has 0 saturated carbocycles. The van der Waals surface area contributed by atoms with E-state index in [4.69, 9.17) is 9.84 Å². The Hall–Kier alpha value is -1.58. The predicted octanol–water partition coefficient (Wildman–Crippen LogP) is 2.94. The Kier molecular flexibility index (Phi) is 13.1. The zero-order valence-corrected chi connectivity index (χ0v) is 10.9. The summed E-state index contributed by atoms with van der Waals surface area (Å²) in [6.45, 7) is 9.40. The average Bonchev–Trinajstić information content (AvgIpc) is 2.31. The zero-order valence-electron chi connectivity index (χ0n) is 10.9. The van der Waals surface area contributed by atoms with Gasteiger partial charge in [0.25, 0.3) is 0 Å². The minimum atomic E-state index is -0.981. The quantitative estimate of drug-likeness (QED) is 0.442. The van der Waals surface area contributed by atoms with Crippen LogP contribution in [0.2, 0.25) is 0 Å². The standard InChI is InChI=1S/C10H18O2.C3H4O2/c1-4-7-8-12-10(11)9(5-2)6-3;1-2-3(4)5/h5H,4,6-8H2,1-3H3;2H,1H2,(H,4,5). The van der Waals surface area contributed by atoms with Crippen molar-refractivity contribution in [3.05, 3.63) is 24.3 Å². The molecule has 4 heteroatoms. The van der Waals surface area contributed by atoms with Crippen LogP contribution in [0.3, 0.4) is 0 Å². The number of allylic oxidation sites excluding steroid dienone is 1. The molecule has 0 aromatic heterocycles. The fourth-order valence-electron chi connectivity index (χ4n) is 0.868. The number of carbonyl (C=O) groups excluding carboxylic acids is 1. The van der Waals surface area contributed by atoms with E-state index in [1.807, 2.05) is 19.9 Å². The molecule has 0 bridgehead atoms. The second kappa shape index (κ2) is 12.5. The maximum Gasteiger partial charge on any atom is 0.333 e. The summed E-state index contributed by atoms with van der Waals surface area (Å²) in [7, 11) is 0. The summed E-state index contributed by atoms with van der Waals surface area (Å²) in [5.74, 6) is -1.14. The van der Waals surface area contributed by atoms with E-state index in [-0.39, 0.29) is 5.97 Å². The number of unbranched alkanes of at least 4 members (excludes halogenated alkanes) is 1. The Balaban J connectivity index is 0. The SMILES string of the molecule is C=CC(=O)O.CC=C(CC)C(=O)OCCCC. The summed E-state index contributed by atoms with van der Waals surface area (Å²) in [6.07, 6.45) is 5.41. The Morgan fingerprint density at radius 3 is 2.18 bits per heavy atom. The van der Waals surface area contributed by atoms with Gasteiger partial charge in [-0.05, 0) is 19.8 Å². The van der Waals surface area contributed by atoms with Crippen molar-refractivity contribution >= 4 is 11.9 Å². The van der Waals surface area contributed by atoms with Crippen molar-refractivity contribution in [1.29, 1.82) is 0 Å². The second-order valence-corrected chi connectivity index (χ2v) is 3.20. The van der Waals surface area contributed by atoms with Gasteiger partial charge in [0.1, 0.15) is 0 Å². The Labute approximate surface area is 103 Å². The molecule has 4 nitrogen and oxygen atoms in total. The van der Waals surface area contributed by atoms with E-state index >= 15 is 0 Å². The van der Waals surface area contributed by atoms with Crippen LogP contribution >= 0.6 is 0 Å². The van der Waals surface area contributed by atoms with Crippen molar-refractivity contribution in [2.24, 2.45) is 0 Å². The normalized spacial score (nSPS) is 9.94. The molecule has 17 heavy (non-hydrogen) atoms. The molecule has 0 rings (SSSR count). The highest BCUT2D eigenvalue weighted by molar-refractivity contribution is 5.88. The van der Waals surface area contributed by atoms with Gasteiger partial charge in [-0.2, -0.15) is 0 Å². The lowest BCUT2D eigenvalue weighted by atomic mass is 10.2. The van der Waals surface area contributed by atoms with Crippen LogP contribution in [0.25, 0.3) is 0 Å². The molecule has 1 N–H and O–H groups in total. The first-order valence-corrected chi connectivity index (χ1v) is 5.71. The summed E-state index contributed by atoms with van der Waals surface area (Å²) in [5.41, 5.74) is 0.770. The zero-order chi connectivity index (χ0) is 13.7. The van der Waals surface area contributed by atoms with Gasteiger partial charge in [-0.1, -0.05) is 32.9 Å². The van der Waals surface area contributed by atoms with E-state index in [0.29, 0.717) is 6.61 Å². The predicted molar refractivity (Wildman–Crippen MR) is 67.7 cm³/mol. The molecule has 0 aliphatic rings. The number of carboxylic acids is 1. The third-order valence-corrected chi connectivity index (χ3v) is 1.90. The molecule has 0 amide bonds. The Morgan fingerprint density at radius 2 is 1.88 bits per heavy atom. The van der Waals surface area contributed by atoms with Crippen LogP contribution < -0.4 is 0 Å². The lowest BCUT2D eigenvalue weighted by Crippen LogP contribution is -2.08. The van der Waals surface area contributed by atoms with Gasteiger partial charge in [0.05, 0.1) is 6.61 Å². The molecule has 0 aliphatic heterocycles. The largest absolute Gasteiger partial charge is 0.478 e. The lowest BCUT2D eigenvalue weighted by Gasteiger charge is -2.04. The van der Waals surface area contributed by atoms with Gasteiger partial charge in [0.15, 0.2) is 0 Å². The van der Waals surface area contributed by atoms with E-state index in [1.54, 1.807) is 0 Å². The second-order valence-electron chi connectivity index (χ2n) is 3.20. The van der Waals surface area contributed by atoms with E-state index in [2.05, 4.69) is 13.5 Å². The molecule has 0 aliphatic carbocycles. The summed E-state index contributed by atoms with van der Waals surface area (Å²) >= 11 is 0. The monoisotopic (exact) mass is 242 g/mol. The first kappa shape index (κ1) is 17.8. The Bertz CT molecular complexity index is 267. The van der Waals surface area contributed by atoms with Crippen molar-refractivity contribution in [1.82, 2.24) is 0 Å². The number of rotatable bonds is 6. The van der Waals surface area contributed by atoms with Crippen LogP contribution in [0.1, 0.15) is 40.0 Å². The van der Waals surface area contributed by atoms with Crippen molar-refractivity contribution in [3.63, 3.8) is 0 Å². The number of aliphatic carboxylic acids is 1. The van der Waals surface area contributed by atoms with Crippen molar-refractivity contribution in [2.45, 2.75) is 40.0 Å². The smallest absolute Gasteiger partial charge is 0.333 e. The summed E-state index contributed by atoms with van der Waals surface area (Å²) in [4.78, 5) is 20.4. The number of ether oxygens (including phenoxy) is 1. The molecule has 0 aromatic carbocycles. The highest BCUT2D eigenvalue weighted by Gasteiger charge is 2.06. The van der Waals surface area contributed by atoms with Crippen LogP contribution in [0.4, 0.5) is 0 Å². The van der Waals surface area contributed by atoms with E-state index < -0.39 is 5.97 Å². The topological polar surface area (TPSA) is 63.6 Å². The van der Waals surface area contributed by atoms with Gasteiger partial charge < -0.3 is 9.84 Å². The summed E-state index contributed by atoms with van der Waals surface area (Å²) < 4.78 is 5.02. The molecule has 0 radical (unpaired) electrons. The van der Waals surface area contributed by atoms with Crippen LogP contribution in [0.15, 0.2) is 24.3 Å². The molecular weight excluding hydrogens is 220 g/mol. The van der Waals surface area contributed by atoms with Gasteiger partial charge in [0, 0.05) is 11.6 Å². The van der Waals surface area contributed by atoms with Crippen molar-refractivity contribution in [2.75, 3.05) is 6.61 Å². The molecule has 98 valence electrons. The number of hydrogen-bond donors (Lipinski definition) is 1. The summed E-state index contributed by atoms with van der Waals surface area (Å²) in [6, 6.07) is 0. The van der Waals surface area contributed by atoms with Crippen LogP contribution in [0.5, 0.6) is 0 Å². The van der Waals surface area contributed by atoms with Crippen molar-refractivity contribution < 1.29 is 19.4 Å². The first-order chi connectivity index (χ1) is 8.03. The van der Waals surface area contributed by atoms with Gasteiger partial charge in [-0.3, -0.25) is 0 Å². The van der Waals surface area contributed by atoms with E-state index in [1.165, 1.54) is 0 Å². The third-order valence-electron chi connectivity index (χ3n) is 1.90. The molecular formula is C13H22O4. The fourth-order valence-corrected chi connectivity index (χ4v) is 0.868. The average molecular weight is 242 g/mol. The number of esters is 1. The Morgan fingerprint density at radius 1 is 1.35 bits per heavy atom. The van der Waals surface area contributed by atoms with Crippen molar-refractivity contribution in [3.8, 4) is 0 Å². The van der Waals surface area contributed by atoms with Crippen LogP contribution in [0, 0.1) is 0 Å². The molecule has 0 heterocycles. The van der Waals surface area contributed by atoms with Gasteiger partial charge >= 0.3 is 11.9 Å². The molecule has 0 saturated heterocycles. The molecule has 0 atom stereocenters. The van der Waals surface area contributed by atoms with Gasteiger partial charge in [-0.25, -0.2) is 9.59 Å². The van der Waals surface area contributed by atoms with E-state index in [9.17, 15) is 9.59 Å². The molecule has 0 fully saturated rings. The lowest BCUT2D eigenvalue weighted by molar-refractivity contribution is -0.139. The number of carbonyl (C=O) groups is 2. The minimum absolute atomic E-state index is 0.159.